The zero-order valence-electron chi connectivity index (χ0n) is 13.5. The predicted octanol–water partition coefficient (Wildman–Crippen LogP) is 4.03. The van der Waals surface area contributed by atoms with Crippen molar-refractivity contribution >= 4 is 5.97 Å². The minimum absolute atomic E-state index is 0.149. The number of hydrogen-bond donors (Lipinski definition) is 0. The molecule has 2 aromatic carbocycles. The van der Waals surface area contributed by atoms with E-state index in [0.717, 1.165) is 16.9 Å². The highest BCUT2D eigenvalue weighted by Crippen LogP contribution is 2.24. The molecule has 0 aromatic heterocycles. The highest BCUT2D eigenvalue weighted by Gasteiger charge is 2.13. The van der Waals surface area contributed by atoms with Crippen LogP contribution in [0.1, 0.15) is 18.1 Å². The van der Waals surface area contributed by atoms with Gasteiger partial charge in [-0.3, -0.25) is 0 Å². The molecule has 2 aromatic rings. The first-order chi connectivity index (χ1) is 11.2. The van der Waals surface area contributed by atoms with Gasteiger partial charge in [0.2, 0.25) is 5.76 Å². The number of carbonyl (C=O) groups excluding carboxylic acids is 1. The van der Waals surface area contributed by atoms with Gasteiger partial charge < -0.3 is 14.2 Å². The lowest BCUT2D eigenvalue weighted by Gasteiger charge is -2.14. The maximum atomic E-state index is 11.6. The van der Waals surface area contributed by atoms with Crippen LogP contribution >= 0.6 is 0 Å². The summed E-state index contributed by atoms with van der Waals surface area (Å²) in [5.74, 6) is 1.03. The number of esters is 1. The fraction of sp³-hybridized carbons (Fsp3) is 0.211. The molecular formula is C19H20O4. The Morgan fingerprint density at radius 1 is 1.04 bits per heavy atom. The van der Waals surface area contributed by atoms with Crippen molar-refractivity contribution in [1.29, 1.82) is 0 Å². The van der Waals surface area contributed by atoms with E-state index >= 15 is 0 Å². The van der Waals surface area contributed by atoms with Crippen LogP contribution in [0.3, 0.4) is 0 Å². The van der Waals surface area contributed by atoms with E-state index in [1.807, 2.05) is 49.4 Å². The van der Waals surface area contributed by atoms with E-state index in [2.05, 4.69) is 0 Å². The average molecular weight is 312 g/mol. The number of methoxy groups -OCH3 is 1. The van der Waals surface area contributed by atoms with Gasteiger partial charge in [-0.2, -0.15) is 0 Å². The van der Waals surface area contributed by atoms with Gasteiger partial charge in [0.15, 0.2) is 0 Å². The minimum atomic E-state index is -0.512. The van der Waals surface area contributed by atoms with E-state index < -0.39 is 5.97 Å². The minimum Gasteiger partial charge on any atom is -0.488 e. The van der Waals surface area contributed by atoms with Crippen molar-refractivity contribution in [2.75, 3.05) is 7.11 Å². The van der Waals surface area contributed by atoms with E-state index in [4.69, 9.17) is 14.2 Å². The molecule has 0 saturated carbocycles. The van der Waals surface area contributed by atoms with Crippen LogP contribution in [0.25, 0.3) is 0 Å². The summed E-state index contributed by atoms with van der Waals surface area (Å²) in [7, 11) is 1.32. The molecule has 0 aliphatic rings. The molecule has 0 N–H and O–H groups in total. The Morgan fingerprint density at radius 2 is 1.70 bits per heavy atom. The summed E-state index contributed by atoms with van der Waals surface area (Å²) in [6.45, 7) is 4.06. The zero-order chi connectivity index (χ0) is 16.7. The van der Waals surface area contributed by atoms with E-state index in [1.165, 1.54) is 7.11 Å². The smallest absolute Gasteiger partial charge is 0.373 e. The molecule has 0 aliphatic carbocycles. The summed E-state index contributed by atoms with van der Waals surface area (Å²) in [5.41, 5.74) is 1.91. The molecule has 23 heavy (non-hydrogen) atoms. The van der Waals surface area contributed by atoms with Crippen molar-refractivity contribution < 1.29 is 19.0 Å². The molecule has 0 amide bonds. The lowest BCUT2D eigenvalue weighted by atomic mass is 10.2. The number of ether oxygens (including phenoxy) is 3. The van der Waals surface area contributed by atoms with Crippen LogP contribution in [-0.2, 0) is 16.1 Å². The summed E-state index contributed by atoms with van der Waals surface area (Å²) >= 11 is 0. The number of benzene rings is 2. The van der Waals surface area contributed by atoms with Crippen molar-refractivity contribution in [3.05, 3.63) is 71.5 Å². The van der Waals surface area contributed by atoms with Crippen molar-refractivity contribution in [3.8, 4) is 11.5 Å². The fourth-order valence-corrected chi connectivity index (χ4v) is 2.03. The summed E-state index contributed by atoms with van der Waals surface area (Å²) < 4.78 is 16.2. The van der Waals surface area contributed by atoms with Crippen LogP contribution in [0, 0.1) is 6.92 Å². The number of carbonyl (C=O) groups is 1. The monoisotopic (exact) mass is 312 g/mol. The molecule has 0 saturated heterocycles. The summed E-state index contributed by atoms with van der Waals surface area (Å²) in [5, 5.41) is 0. The third kappa shape index (κ3) is 4.36. The molecule has 0 atom stereocenters. The Hall–Kier alpha value is -2.75. The highest BCUT2D eigenvalue weighted by atomic mass is 16.6. The first-order valence-electron chi connectivity index (χ1n) is 7.34. The van der Waals surface area contributed by atoms with Crippen LogP contribution in [-0.4, -0.2) is 13.1 Å². The Kier molecular flexibility index (Phi) is 5.80. The third-order valence-electron chi connectivity index (χ3n) is 3.32. The highest BCUT2D eigenvalue weighted by molar-refractivity contribution is 5.86. The molecule has 0 fully saturated rings. The quantitative estimate of drug-likeness (QED) is 0.459. The molecule has 4 heteroatoms. The number of para-hydroxylation sites is 2. The molecular weight excluding hydrogens is 292 g/mol. The normalized spacial score (nSPS) is 11.0. The van der Waals surface area contributed by atoms with Gasteiger partial charge in [0.25, 0.3) is 0 Å². The van der Waals surface area contributed by atoms with E-state index in [9.17, 15) is 4.79 Å². The Bertz CT molecular complexity index is 704. The van der Waals surface area contributed by atoms with Crippen molar-refractivity contribution in [3.63, 3.8) is 0 Å². The van der Waals surface area contributed by atoms with Crippen LogP contribution in [0.2, 0.25) is 0 Å². The Labute approximate surface area is 136 Å². The largest absolute Gasteiger partial charge is 0.488 e. The Morgan fingerprint density at radius 3 is 2.35 bits per heavy atom. The van der Waals surface area contributed by atoms with E-state index in [1.54, 1.807) is 19.1 Å². The van der Waals surface area contributed by atoms with Gasteiger partial charge in [-0.15, -0.1) is 0 Å². The second kappa shape index (κ2) is 8.03. The summed E-state index contributed by atoms with van der Waals surface area (Å²) in [6.07, 6.45) is 1.57. The predicted molar refractivity (Wildman–Crippen MR) is 88.4 cm³/mol. The second-order valence-corrected chi connectivity index (χ2v) is 4.91. The molecule has 0 unspecified atom stereocenters. The topological polar surface area (TPSA) is 44.8 Å². The van der Waals surface area contributed by atoms with Gasteiger partial charge in [-0.05, 0) is 37.6 Å². The lowest BCUT2D eigenvalue weighted by molar-refractivity contribution is -0.138. The number of aryl methyl sites for hydroxylation is 1. The van der Waals surface area contributed by atoms with Crippen LogP contribution in [0.5, 0.6) is 11.5 Å². The van der Waals surface area contributed by atoms with Crippen molar-refractivity contribution in [2.45, 2.75) is 20.5 Å². The molecule has 0 radical (unpaired) electrons. The maximum Gasteiger partial charge on any atom is 0.373 e. The summed E-state index contributed by atoms with van der Waals surface area (Å²) in [4.78, 5) is 11.6. The zero-order valence-corrected chi connectivity index (χ0v) is 13.5. The fourth-order valence-electron chi connectivity index (χ4n) is 2.03. The van der Waals surface area contributed by atoms with Crippen molar-refractivity contribution in [2.24, 2.45) is 0 Å². The van der Waals surface area contributed by atoms with Crippen LogP contribution in [0.4, 0.5) is 0 Å². The molecule has 0 aliphatic heterocycles. The number of rotatable bonds is 6. The first-order valence-corrected chi connectivity index (χ1v) is 7.34. The maximum absolute atomic E-state index is 11.6. The lowest BCUT2D eigenvalue weighted by Crippen LogP contribution is -2.11. The van der Waals surface area contributed by atoms with Gasteiger partial charge in [0.05, 0.1) is 7.11 Å². The van der Waals surface area contributed by atoms with Gasteiger partial charge in [-0.25, -0.2) is 4.79 Å². The van der Waals surface area contributed by atoms with Crippen molar-refractivity contribution in [1.82, 2.24) is 0 Å². The second-order valence-electron chi connectivity index (χ2n) is 4.91. The Balaban J connectivity index is 2.14. The van der Waals surface area contributed by atoms with Gasteiger partial charge in [0.1, 0.15) is 18.1 Å². The van der Waals surface area contributed by atoms with Crippen LogP contribution in [0.15, 0.2) is 60.4 Å². The van der Waals surface area contributed by atoms with Gasteiger partial charge >= 0.3 is 5.97 Å². The third-order valence-corrected chi connectivity index (χ3v) is 3.32. The molecule has 4 nitrogen and oxygen atoms in total. The molecule has 120 valence electrons. The average Bonchev–Trinajstić information content (AvgIpc) is 2.59. The molecule has 0 spiro atoms. The molecule has 0 bridgehead atoms. The number of allylic oxidation sites excluding steroid dienone is 1. The number of hydrogen-bond acceptors (Lipinski definition) is 4. The first kappa shape index (κ1) is 16.6. The summed E-state index contributed by atoms with van der Waals surface area (Å²) in [6, 6.07) is 15.3. The standard InChI is InChI=1S/C19H20O4/c1-4-16(19(20)21-3)23-18-12-8-6-10-15(18)13-22-17-11-7-5-9-14(17)2/h4-12H,13H2,1-3H3. The van der Waals surface area contributed by atoms with Crippen LogP contribution < -0.4 is 9.47 Å². The van der Waals surface area contributed by atoms with E-state index in [-0.39, 0.29) is 5.76 Å². The molecule has 2 rings (SSSR count). The molecule has 0 heterocycles. The SMILES string of the molecule is CC=C(Oc1ccccc1COc1ccccc1C)C(=O)OC. The van der Waals surface area contributed by atoms with Gasteiger partial charge in [-0.1, -0.05) is 36.4 Å². The van der Waals surface area contributed by atoms with Gasteiger partial charge in [0, 0.05) is 5.56 Å². The van der Waals surface area contributed by atoms with E-state index in [0.29, 0.717) is 12.4 Å².